The molecule has 1 saturated heterocycles. The summed E-state index contributed by atoms with van der Waals surface area (Å²) in [4.78, 5) is 13.1. The summed E-state index contributed by atoms with van der Waals surface area (Å²) in [6.07, 6.45) is 1.46. The summed E-state index contributed by atoms with van der Waals surface area (Å²) in [6.45, 7) is 0.509. The van der Waals surface area contributed by atoms with Crippen molar-refractivity contribution in [3.63, 3.8) is 0 Å². The molecule has 1 atom stereocenters. The normalized spacial score (nSPS) is 21.8. The molecule has 1 aromatic rings. The molecular formula is C12H15NO2. The van der Waals surface area contributed by atoms with E-state index >= 15 is 0 Å². The van der Waals surface area contributed by atoms with Crippen molar-refractivity contribution < 1.29 is 9.90 Å². The highest BCUT2D eigenvalue weighted by Crippen LogP contribution is 2.27. The minimum atomic E-state index is -0.152. The zero-order valence-electron chi connectivity index (χ0n) is 8.60. The maximum Gasteiger partial charge on any atom is 0.224 e. The lowest BCUT2D eigenvalue weighted by Crippen LogP contribution is -2.38. The molecule has 1 N–H and O–H groups in total. The second kappa shape index (κ2) is 4.45. The van der Waals surface area contributed by atoms with E-state index in [4.69, 9.17) is 5.11 Å². The van der Waals surface area contributed by atoms with Crippen molar-refractivity contribution in [3.05, 3.63) is 35.9 Å². The van der Waals surface area contributed by atoms with Crippen LogP contribution in [0.15, 0.2) is 30.3 Å². The van der Waals surface area contributed by atoms with Gasteiger partial charge in [-0.1, -0.05) is 30.3 Å². The van der Waals surface area contributed by atoms with Crippen LogP contribution < -0.4 is 0 Å². The number of rotatable bonds is 2. The van der Waals surface area contributed by atoms with Crippen LogP contribution in [0.4, 0.5) is 0 Å². The molecule has 0 spiro atoms. The number of likely N-dealkylation sites (tertiary alicyclic amines) is 1. The van der Waals surface area contributed by atoms with Crippen molar-refractivity contribution in [2.75, 3.05) is 13.3 Å². The maximum absolute atomic E-state index is 11.6. The van der Waals surface area contributed by atoms with Gasteiger partial charge in [-0.15, -0.1) is 0 Å². The third kappa shape index (κ3) is 2.18. The van der Waals surface area contributed by atoms with Gasteiger partial charge < -0.3 is 10.0 Å². The average molecular weight is 205 g/mol. The van der Waals surface area contributed by atoms with Crippen LogP contribution in [-0.4, -0.2) is 29.2 Å². The van der Waals surface area contributed by atoms with Crippen LogP contribution >= 0.6 is 0 Å². The summed E-state index contributed by atoms with van der Waals surface area (Å²) in [5, 5.41) is 8.92. The first-order valence-corrected chi connectivity index (χ1v) is 5.25. The highest BCUT2D eigenvalue weighted by Gasteiger charge is 2.25. The largest absolute Gasteiger partial charge is 0.376 e. The fourth-order valence-corrected chi connectivity index (χ4v) is 2.04. The number of hydrogen-bond acceptors (Lipinski definition) is 2. The number of piperidine rings is 1. The number of hydrogen-bond donors (Lipinski definition) is 1. The molecule has 1 aliphatic rings. The van der Waals surface area contributed by atoms with E-state index < -0.39 is 0 Å². The Morgan fingerprint density at radius 2 is 2.07 bits per heavy atom. The Kier molecular flexibility index (Phi) is 3.02. The Hall–Kier alpha value is -1.35. The highest BCUT2D eigenvalue weighted by molar-refractivity contribution is 5.77. The minimum absolute atomic E-state index is 0.0533. The van der Waals surface area contributed by atoms with Crippen LogP contribution in [-0.2, 0) is 4.79 Å². The Bertz CT molecular complexity index is 337. The van der Waals surface area contributed by atoms with Gasteiger partial charge in [0.1, 0.15) is 6.73 Å². The Labute approximate surface area is 89.3 Å². The van der Waals surface area contributed by atoms with Gasteiger partial charge in [0.15, 0.2) is 0 Å². The lowest BCUT2D eigenvalue weighted by Gasteiger charge is -2.30. The average Bonchev–Trinajstić information content (AvgIpc) is 2.30. The van der Waals surface area contributed by atoms with Crippen LogP contribution in [0.2, 0.25) is 0 Å². The van der Waals surface area contributed by atoms with Crippen molar-refractivity contribution in [1.82, 2.24) is 4.90 Å². The van der Waals surface area contributed by atoms with Crippen molar-refractivity contribution in [2.45, 2.75) is 18.8 Å². The summed E-state index contributed by atoms with van der Waals surface area (Å²) in [5.41, 5.74) is 1.23. The lowest BCUT2D eigenvalue weighted by molar-refractivity contribution is -0.137. The number of aliphatic hydroxyl groups is 1. The predicted octanol–water partition coefficient (Wildman–Crippen LogP) is 1.34. The maximum atomic E-state index is 11.6. The van der Waals surface area contributed by atoms with E-state index in [1.807, 2.05) is 18.2 Å². The van der Waals surface area contributed by atoms with E-state index in [1.54, 1.807) is 0 Å². The smallest absolute Gasteiger partial charge is 0.224 e. The summed E-state index contributed by atoms with van der Waals surface area (Å²) in [5.74, 6) is 0.374. The molecule has 0 aliphatic carbocycles. The Morgan fingerprint density at radius 1 is 1.33 bits per heavy atom. The van der Waals surface area contributed by atoms with Crippen LogP contribution in [0.5, 0.6) is 0 Å². The zero-order chi connectivity index (χ0) is 10.7. The molecule has 3 heteroatoms. The Morgan fingerprint density at radius 3 is 2.67 bits per heavy atom. The van der Waals surface area contributed by atoms with Crippen molar-refractivity contribution in [1.29, 1.82) is 0 Å². The van der Waals surface area contributed by atoms with Gasteiger partial charge in [0.2, 0.25) is 5.91 Å². The van der Waals surface area contributed by atoms with Crippen LogP contribution in [0.3, 0.4) is 0 Å². The number of carbonyl (C=O) groups is 1. The molecule has 0 radical (unpaired) electrons. The van der Waals surface area contributed by atoms with Gasteiger partial charge in [-0.05, 0) is 17.9 Å². The molecule has 15 heavy (non-hydrogen) atoms. The second-order valence-electron chi connectivity index (χ2n) is 3.90. The Balaban J connectivity index is 2.06. The van der Waals surface area contributed by atoms with Crippen LogP contribution in [0.25, 0.3) is 0 Å². The molecule has 0 aromatic heterocycles. The van der Waals surface area contributed by atoms with Crippen LogP contribution in [0.1, 0.15) is 24.3 Å². The van der Waals surface area contributed by atoms with E-state index in [0.29, 0.717) is 18.9 Å². The molecular weight excluding hydrogens is 190 g/mol. The van der Waals surface area contributed by atoms with Gasteiger partial charge in [0, 0.05) is 13.0 Å². The molecule has 80 valence electrons. The number of nitrogens with zero attached hydrogens (tertiary/aromatic N) is 1. The molecule has 1 aliphatic heterocycles. The molecule has 2 rings (SSSR count). The zero-order valence-corrected chi connectivity index (χ0v) is 8.60. The summed E-state index contributed by atoms with van der Waals surface area (Å²) < 4.78 is 0. The molecule has 1 unspecified atom stereocenters. The van der Waals surface area contributed by atoms with Gasteiger partial charge in [0.05, 0.1) is 0 Å². The van der Waals surface area contributed by atoms with E-state index in [0.717, 1.165) is 6.42 Å². The van der Waals surface area contributed by atoms with Gasteiger partial charge in [0.25, 0.3) is 0 Å². The first-order chi connectivity index (χ1) is 7.31. The SMILES string of the molecule is O=C1CC(c2ccccc2)CCN1CO. The quantitative estimate of drug-likeness (QED) is 0.791. The van der Waals surface area contributed by atoms with Gasteiger partial charge in [-0.2, -0.15) is 0 Å². The van der Waals surface area contributed by atoms with E-state index in [2.05, 4.69) is 12.1 Å². The summed E-state index contributed by atoms with van der Waals surface area (Å²) in [7, 11) is 0. The fourth-order valence-electron chi connectivity index (χ4n) is 2.04. The highest BCUT2D eigenvalue weighted by atomic mass is 16.3. The molecule has 1 aromatic carbocycles. The fraction of sp³-hybridized carbons (Fsp3) is 0.417. The molecule has 3 nitrogen and oxygen atoms in total. The first-order valence-electron chi connectivity index (χ1n) is 5.25. The number of benzene rings is 1. The number of amides is 1. The van der Waals surface area contributed by atoms with Gasteiger partial charge in [-0.25, -0.2) is 0 Å². The van der Waals surface area contributed by atoms with Gasteiger partial charge in [-0.3, -0.25) is 4.79 Å². The van der Waals surface area contributed by atoms with E-state index in [1.165, 1.54) is 10.5 Å². The topological polar surface area (TPSA) is 40.5 Å². The van der Waals surface area contributed by atoms with E-state index in [-0.39, 0.29) is 12.6 Å². The molecule has 1 amide bonds. The monoisotopic (exact) mass is 205 g/mol. The molecule has 0 bridgehead atoms. The molecule has 1 heterocycles. The minimum Gasteiger partial charge on any atom is -0.376 e. The van der Waals surface area contributed by atoms with Crippen molar-refractivity contribution >= 4 is 5.91 Å². The summed E-state index contributed by atoms with van der Waals surface area (Å²) in [6, 6.07) is 10.1. The molecule has 0 saturated carbocycles. The predicted molar refractivity (Wildman–Crippen MR) is 57.2 cm³/mol. The van der Waals surface area contributed by atoms with Gasteiger partial charge >= 0.3 is 0 Å². The number of aliphatic hydroxyl groups excluding tert-OH is 1. The number of carbonyl (C=O) groups excluding carboxylic acids is 1. The van der Waals surface area contributed by atoms with Crippen molar-refractivity contribution in [3.8, 4) is 0 Å². The first kappa shape index (κ1) is 10.2. The molecule has 1 fully saturated rings. The van der Waals surface area contributed by atoms with E-state index in [9.17, 15) is 4.79 Å². The third-order valence-electron chi connectivity index (χ3n) is 2.96. The third-order valence-corrected chi connectivity index (χ3v) is 2.96. The lowest BCUT2D eigenvalue weighted by atomic mass is 9.89. The standard InChI is InChI=1S/C12H15NO2/c14-9-13-7-6-11(8-12(13)15)10-4-2-1-3-5-10/h1-5,11,14H,6-9H2. The summed E-state index contributed by atoms with van der Waals surface area (Å²) >= 11 is 0. The van der Waals surface area contributed by atoms with Crippen molar-refractivity contribution in [2.24, 2.45) is 0 Å². The van der Waals surface area contributed by atoms with Crippen LogP contribution in [0, 0.1) is 0 Å². The second-order valence-corrected chi connectivity index (χ2v) is 3.90.